The SMILES string of the molecule is CC1CCCC(N)(C(=O)N2CCCCC2CCC(=O)O)C1. The van der Waals surface area contributed by atoms with Crippen LogP contribution in [-0.4, -0.2) is 40.0 Å². The van der Waals surface area contributed by atoms with Crippen molar-refractivity contribution in [1.29, 1.82) is 0 Å². The fourth-order valence-electron chi connectivity index (χ4n) is 3.93. The Balaban J connectivity index is 2.05. The van der Waals surface area contributed by atoms with Crippen LogP contribution in [0.2, 0.25) is 0 Å². The molecule has 0 aromatic carbocycles. The van der Waals surface area contributed by atoms with Crippen molar-refractivity contribution in [1.82, 2.24) is 4.90 Å². The Labute approximate surface area is 126 Å². The third-order valence-electron chi connectivity index (χ3n) is 5.04. The molecule has 1 saturated heterocycles. The number of nitrogens with zero attached hydrogens (tertiary/aromatic N) is 1. The van der Waals surface area contributed by atoms with E-state index in [1.165, 1.54) is 0 Å². The Bertz CT molecular complexity index is 399. The molecule has 0 bridgehead atoms. The van der Waals surface area contributed by atoms with Gasteiger partial charge in [0.2, 0.25) is 5.91 Å². The lowest BCUT2D eigenvalue weighted by Crippen LogP contribution is -2.60. The highest BCUT2D eigenvalue weighted by atomic mass is 16.4. The second-order valence-corrected chi connectivity index (χ2v) is 6.94. The van der Waals surface area contributed by atoms with Gasteiger partial charge in [-0.15, -0.1) is 0 Å². The molecule has 1 aliphatic carbocycles. The van der Waals surface area contributed by atoms with Crippen LogP contribution in [0.25, 0.3) is 0 Å². The van der Waals surface area contributed by atoms with Crippen molar-refractivity contribution in [2.75, 3.05) is 6.54 Å². The Morgan fingerprint density at radius 2 is 2.05 bits per heavy atom. The number of amides is 1. The van der Waals surface area contributed by atoms with Gasteiger partial charge in [0.1, 0.15) is 0 Å². The van der Waals surface area contributed by atoms with E-state index in [1.807, 2.05) is 4.90 Å². The molecule has 0 radical (unpaired) electrons. The van der Waals surface area contributed by atoms with Crippen LogP contribution in [-0.2, 0) is 9.59 Å². The minimum atomic E-state index is -0.790. The third-order valence-corrected chi connectivity index (χ3v) is 5.04. The van der Waals surface area contributed by atoms with Crippen molar-refractivity contribution < 1.29 is 14.7 Å². The molecule has 1 saturated carbocycles. The van der Waals surface area contributed by atoms with Crippen LogP contribution in [0.4, 0.5) is 0 Å². The molecule has 2 aliphatic rings. The van der Waals surface area contributed by atoms with E-state index in [0.29, 0.717) is 12.3 Å². The highest BCUT2D eigenvalue weighted by Gasteiger charge is 2.42. The fraction of sp³-hybridized carbons (Fsp3) is 0.875. The first-order valence-corrected chi connectivity index (χ1v) is 8.24. The Morgan fingerprint density at radius 1 is 1.29 bits per heavy atom. The first-order chi connectivity index (χ1) is 9.92. The number of rotatable bonds is 4. The molecule has 1 heterocycles. The Kier molecular flexibility index (Phi) is 5.25. The summed E-state index contributed by atoms with van der Waals surface area (Å²) in [5, 5.41) is 8.87. The molecule has 1 aliphatic heterocycles. The van der Waals surface area contributed by atoms with Crippen molar-refractivity contribution in [3.63, 3.8) is 0 Å². The van der Waals surface area contributed by atoms with E-state index in [2.05, 4.69) is 6.92 Å². The molecular formula is C16H28N2O3. The van der Waals surface area contributed by atoms with Crippen LogP contribution in [0.5, 0.6) is 0 Å². The molecule has 5 heteroatoms. The topological polar surface area (TPSA) is 83.6 Å². The van der Waals surface area contributed by atoms with Crippen molar-refractivity contribution in [3.8, 4) is 0 Å². The quantitative estimate of drug-likeness (QED) is 0.832. The average Bonchev–Trinajstić information content (AvgIpc) is 2.44. The number of likely N-dealkylation sites (tertiary alicyclic amines) is 1. The maximum absolute atomic E-state index is 12.9. The van der Waals surface area contributed by atoms with Crippen LogP contribution in [0.1, 0.15) is 64.7 Å². The lowest BCUT2D eigenvalue weighted by molar-refractivity contribution is -0.144. The van der Waals surface area contributed by atoms with E-state index in [9.17, 15) is 9.59 Å². The summed E-state index contributed by atoms with van der Waals surface area (Å²) >= 11 is 0. The summed E-state index contributed by atoms with van der Waals surface area (Å²) in [7, 11) is 0. The van der Waals surface area contributed by atoms with Gasteiger partial charge in [0, 0.05) is 19.0 Å². The number of aliphatic carboxylic acids is 1. The molecule has 0 aromatic rings. The standard InChI is InChI=1S/C16H28N2O3/c1-12-5-4-9-16(17,11-12)15(21)18-10-3-2-6-13(18)7-8-14(19)20/h12-13H,2-11,17H2,1H3,(H,19,20). The molecule has 3 unspecified atom stereocenters. The summed E-state index contributed by atoms with van der Waals surface area (Å²) in [5.41, 5.74) is 5.71. The number of carboxylic acids is 1. The van der Waals surface area contributed by atoms with Gasteiger partial charge >= 0.3 is 5.97 Å². The normalized spacial score (nSPS) is 33.7. The zero-order valence-corrected chi connectivity index (χ0v) is 13.0. The molecule has 2 fully saturated rings. The van der Waals surface area contributed by atoms with Crippen LogP contribution < -0.4 is 5.73 Å². The molecule has 21 heavy (non-hydrogen) atoms. The average molecular weight is 296 g/mol. The Hall–Kier alpha value is -1.10. The summed E-state index contributed by atoms with van der Waals surface area (Å²) in [6.07, 6.45) is 7.33. The van der Waals surface area contributed by atoms with Gasteiger partial charge in [-0.2, -0.15) is 0 Å². The summed E-state index contributed by atoms with van der Waals surface area (Å²) in [5.74, 6) is -0.235. The highest BCUT2D eigenvalue weighted by Crippen LogP contribution is 2.34. The van der Waals surface area contributed by atoms with Gasteiger partial charge in [0.15, 0.2) is 0 Å². The first kappa shape index (κ1) is 16.3. The van der Waals surface area contributed by atoms with Crippen molar-refractivity contribution in [3.05, 3.63) is 0 Å². The minimum absolute atomic E-state index is 0.0556. The van der Waals surface area contributed by atoms with E-state index in [1.54, 1.807) is 0 Å². The van der Waals surface area contributed by atoms with Gasteiger partial charge in [-0.3, -0.25) is 9.59 Å². The van der Waals surface area contributed by atoms with Crippen molar-refractivity contribution in [2.45, 2.75) is 76.3 Å². The molecule has 5 nitrogen and oxygen atoms in total. The molecular weight excluding hydrogens is 268 g/mol. The van der Waals surface area contributed by atoms with E-state index >= 15 is 0 Å². The minimum Gasteiger partial charge on any atom is -0.481 e. The lowest BCUT2D eigenvalue weighted by Gasteiger charge is -2.43. The number of piperidine rings is 1. The smallest absolute Gasteiger partial charge is 0.303 e. The maximum atomic E-state index is 12.9. The maximum Gasteiger partial charge on any atom is 0.303 e. The highest BCUT2D eigenvalue weighted by molar-refractivity contribution is 5.86. The second kappa shape index (κ2) is 6.77. The number of hydrogen-bond donors (Lipinski definition) is 2. The number of hydrogen-bond acceptors (Lipinski definition) is 3. The summed E-state index contributed by atoms with van der Waals surface area (Å²) in [4.78, 5) is 25.6. The van der Waals surface area contributed by atoms with Crippen molar-refractivity contribution >= 4 is 11.9 Å². The molecule has 3 atom stereocenters. The summed E-state index contributed by atoms with van der Waals surface area (Å²) in [6, 6.07) is 0.0556. The second-order valence-electron chi connectivity index (χ2n) is 6.94. The zero-order chi connectivity index (χ0) is 15.5. The zero-order valence-electron chi connectivity index (χ0n) is 13.0. The fourth-order valence-corrected chi connectivity index (χ4v) is 3.93. The van der Waals surface area contributed by atoms with Crippen LogP contribution in [0, 0.1) is 5.92 Å². The molecule has 1 amide bonds. The number of carboxylic acid groups (broad SMARTS) is 1. The van der Waals surface area contributed by atoms with Crippen LogP contribution in [0.3, 0.4) is 0 Å². The third kappa shape index (κ3) is 3.96. The predicted molar refractivity (Wildman–Crippen MR) is 80.8 cm³/mol. The largest absolute Gasteiger partial charge is 0.481 e. The molecule has 120 valence electrons. The molecule has 0 spiro atoms. The number of nitrogens with two attached hydrogens (primary N) is 1. The van der Waals surface area contributed by atoms with Crippen LogP contribution >= 0.6 is 0 Å². The molecule has 3 N–H and O–H groups in total. The predicted octanol–water partition coefficient (Wildman–Crippen LogP) is 2.14. The van der Waals surface area contributed by atoms with Gasteiger partial charge in [0.25, 0.3) is 0 Å². The number of carbonyl (C=O) groups excluding carboxylic acids is 1. The lowest BCUT2D eigenvalue weighted by atomic mass is 9.75. The van der Waals surface area contributed by atoms with Crippen molar-refractivity contribution in [2.24, 2.45) is 11.7 Å². The van der Waals surface area contributed by atoms with Gasteiger partial charge in [0.05, 0.1) is 5.54 Å². The Morgan fingerprint density at radius 3 is 2.71 bits per heavy atom. The molecule has 0 aromatic heterocycles. The van der Waals surface area contributed by atoms with Crippen LogP contribution in [0.15, 0.2) is 0 Å². The van der Waals surface area contributed by atoms with E-state index < -0.39 is 11.5 Å². The summed E-state index contributed by atoms with van der Waals surface area (Å²) < 4.78 is 0. The van der Waals surface area contributed by atoms with E-state index in [4.69, 9.17) is 10.8 Å². The summed E-state index contributed by atoms with van der Waals surface area (Å²) in [6.45, 7) is 2.89. The first-order valence-electron chi connectivity index (χ1n) is 8.24. The number of carbonyl (C=O) groups is 2. The van der Waals surface area contributed by atoms with Gasteiger partial charge < -0.3 is 15.7 Å². The van der Waals surface area contributed by atoms with Gasteiger partial charge in [-0.25, -0.2) is 0 Å². The van der Waals surface area contributed by atoms with Gasteiger partial charge in [-0.1, -0.05) is 19.8 Å². The monoisotopic (exact) mass is 296 g/mol. The van der Waals surface area contributed by atoms with Gasteiger partial charge in [-0.05, 0) is 44.4 Å². The van der Waals surface area contributed by atoms with E-state index in [-0.39, 0.29) is 18.4 Å². The molecule has 2 rings (SSSR count). The van der Waals surface area contributed by atoms with E-state index in [0.717, 1.165) is 51.5 Å².